The fourth-order valence-corrected chi connectivity index (χ4v) is 1.92. The van der Waals surface area contributed by atoms with E-state index in [4.69, 9.17) is 11.6 Å². The Hall–Kier alpha value is 0.310. The minimum Gasteiger partial charge on any atom is -0.406 e. The quantitative estimate of drug-likeness (QED) is 0.494. The van der Waals surface area contributed by atoms with Gasteiger partial charge in [0.1, 0.15) is 5.75 Å². The molecule has 0 spiro atoms. The third-order valence-corrected chi connectivity index (χ3v) is 4.16. The van der Waals surface area contributed by atoms with Crippen molar-refractivity contribution in [2.45, 2.75) is 6.36 Å². The van der Waals surface area contributed by atoms with Crippen LogP contribution in [-0.4, -0.2) is 6.36 Å². The standard InChI is InChI=1S/C7H2BrClF3IO/c8-6-4(9)1-3(2-5(6)13)14-7(10,11)12/h1-2H. The molecular weight excluding hydrogens is 399 g/mol. The molecule has 0 bridgehead atoms. The molecule has 1 aromatic carbocycles. The SMILES string of the molecule is FC(F)(F)Oc1cc(Cl)c(Br)c(I)c1. The molecule has 0 unspecified atom stereocenters. The van der Waals surface area contributed by atoms with E-state index in [1.54, 1.807) is 0 Å². The Morgan fingerprint density at radius 2 is 1.93 bits per heavy atom. The van der Waals surface area contributed by atoms with Gasteiger partial charge in [0, 0.05) is 14.1 Å². The molecule has 1 rings (SSSR count). The lowest BCUT2D eigenvalue weighted by Crippen LogP contribution is -2.17. The molecule has 0 aliphatic rings. The van der Waals surface area contributed by atoms with E-state index >= 15 is 0 Å². The van der Waals surface area contributed by atoms with E-state index in [2.05, 4.69) is 20.7 Å². The van der Waals surface area contributed by atoms with Crippen LogP contribution in [0.1, 0.15) is 0 Å². The van der Waals surface area contributed by atoms with Crippen molar-refractivity contribution in [2.24, 2.45) is 0 Å². The molecule has 78 valence electrons. The maximum Gasteiger partial charge on any atom is 0.573 e. The van der Waals surface area contributed by atoms with Crippen molar-refractivity contribution in [1.82, 2.24) is 0 Å². The van der Waals surface area contributed by atoms with Crippen LogP contribution < -0.4 is 4.74 Å². The zero-order chi connectivity index (χ0) is 10.9. The molecule has 7 heteroatoms. The zero-order valence-electron chi connectivity index (χ0n) is 6.33. The largest absolute Gasteiger partial charge is 0.573 e. The van der Waals surface area contributed by atoms with Crippen LogP contribution in [0.2, 0.25) is 5.02 Å². The van der Waals surface area contributed by atoms with Gasteiger partial charge < -0.3 is 4.74 Å². The average Bonchev–Trinajstić information content (AvgIpc) is 1.96. The first-order valence-electron chi connectivity index (χ1n) is 3.20. The molecule has 1 nitrogen and oxygen atoms in total. The first-order chi connectivity index (χ1) is 6.29. The van der Waals surface area contributed by atoms with Crippen molar-refractivity contribution in [2.75, 3.05) is 0 Å². The van der Waals surface area contributed by atoms with Gasteiger partial charge in [-0.2, -0.15) is 0 Å². The second-order valence-corrected chi connectivity index (χ2v) is 4.61. The maximum absolute atomic E-state index is 11.8. The lowest BCUT2D eigenvalue weighted by atomic mass is 10.3. The number of rotatable bonds is 1. The summed E-state index contributed by atoms with van der Waals surface area (Å²) < 4.78 is 40.3. The number of benzene rings is 1. The normalized spacial score (nSPS) is 11.6. The van der Waals surface area contributed by atoms with Crippen LogP contribution in [0, 0.1) is 3.57 Å². The van der Waals surface area contributed by atoms with Gasteiger partial charge in [-0.3, -0.25) is 0 Å². The van der Waals surface area contributed by atoms with Crippen LogP contribution in [-0.2, 0) is 0 Å². The Kier molecular flexibility index (Phi) is 3.93. The van der Waals surface area contributed by atoms with Crippen molar-refractivity contribution < 1.29 is 17.9 Å². The van der Waals surface area contributed by atoms with Crippen LogP contribution >= 0.6 is 50.1 Å². The Labute approximate surface area is 105 Å². The van der Waals surface area contributed by atoms with E-state index in [-0.39, 0.29) is 10.8 Å². The molecule has 0 aliphatic carbocycles. The molecule has 0 amide bonds. The topological polar surface area (TPSA) is 9.23 Å². The molecule has 0 radical (unpaired) electrons. The van der Waals surface area contributed by atoms with Crippen LogP contribution in [0.15, 0.2) is 16.6 Å². The predicted octanol–water partition coefficient (Wildman–Crippen LogP) is 4.61. The van der Waals surface area contributed by atoms with Gasteiger partial charge in [-0.15, -0.1) is 13.2 Å². The highest BCUT2D eigenvalue weighted by Crippen LogP contribution is 2.34. The second-order valence-electron chi connectivity index (χ2n) is 2.25. The van der Waals surface area contributed by atoms with E-state index in [1.165, 1.54) is 6.07 Å². The number of hydrogen-bond donors (Lipinski definition) is 0. The van der Waals surface area contributed by atoms with Crippen LogP contribution in [0.3, 0.4) is 0 Å². The second kappa shape index (κ2) is 4.44. The van der Waals surface area contributed by atoms with Gasteiger partial charge in [-0.05, 0) is 44.6 Å². The summed E-state index contributed by atoms with van der Waals surface area (Å²) in [5, 5.41) is 0.177. The first-order valence-corrected chi connectivity index (χ1v) is 5.45. The predicted molar refractivity (Wildman–Crippen MR) is 58.6 cm³/mol. The molecule has 0 aromatic heterocycles. The van der Waals surface area contributed by atoms with E-state index < -0.39 is 6.36 Å². The molecule has 0 atom stereocenters. The maximum atomic E-state index is 11.8. The minimum atomic E-state index is -4.69. The van der Waals surface area contributed by atoms with E-state index in [0.717, 1.165) is 6.07 Å². The van der Waals surface area contributed by atoms with Crippen LogP contribution in [0.25, 0.3) is 0 Å². The summed E-state index contributed by atoms with van der Waals surface area (Å²) in [5.41, 5.74) is 0. The van der Waals surface area contributed by atoms with Gasteiger partial charge >= 0.3 is 6.36 Å². The van der Waals surface area contributed by atoms with Crippen LogP contribution in [0.4, 0.5) is 13.2 Å². The van der Waals surface area contributed by atoms with Crippen molar-refractivity contribution in [3.05, 3.63) is 25.2 Å². The third kappa shape index (κ3) is 3.47. The Balaban J connectivity index is 3.02. The fraction of sp³-hybridized carbons (Fsp3) is 0.143. The molecular formula is C7H2BrClF3IO. The Bertz CT molecular complexity index is 332. The minimum absolute atomic E-state index is 0.177. The molecule has 0 N–H and O–H groups in total. The highest BCUT2D eigenvalue weighted by atomic mass is 127. The summed E-state index contributed by atoms with van der Waals surface area (Å²) in [6, 6.07) is 2.34. The number of hydrogen-bond acceptors (Lipinski definition) is 1. The third-order valence-electron chi connectivity index (χ3n) is 1.19. The lowest BCUT2D eigenvalue weighted by Gasteiger charge is -2.10. The average molecular weight is 401 g/mol. The van der Waals surface area contributed by atoms with Crippen molar-refractivity contribution >= 4 is 50.1 Å². The summed E-state index contributed by atoms with van der Waals surface area (Å²) in [6.45, 7) is 0. The summed E-state index contributed by atoms with van der Waals surface area (Å²) in [5.74, 6) is -0.324. The van der Waals surface area contributed by atoms with Gasteiger partial charge in [-0.1, -0.05) is 11.6 Å². The van der Waals surface area contributed by atoms with Crippen molar-refractivity contribution in [3.63, 3.8) is 0 Å². The molecule has 14 heavy (non-hydrogen) atoms. The van der Waals surface area contributed by atoms with Gasteiger partial charge in [0.2, 0.25) is 0 Å². The number of ether oxygens (including phenoxy) is 1. The van der Waals surface area contributed by atoms with Crippen molar-refractivity contribution in [3.8, 4) is 5.75 Å². The number of halogens is 6. The molecule has 0 heterocycles. The monoisotopic (exact) mass is 400 g/mol. The van der Waals surface area contributed by atoms with Gasteiger partial charge in [0.25, 0.3) is 0 Å². The smallest absolute Gasteiger partial charge is 0.406 e. The molecule has 0 fully saturated rings. The van der Waals surface area contributed by atoms with Gasteiger partial charge in [-0.25, -0.2) is 0 Å². The zero-order valence-corrected chi connectivity index (χ0v) is 10.8. The van der Waals surface area contributed by atoms with Gasteiger partial charge in [0.15, 0.2) is 0 Å². The Morgan fingerprint density at radius 3 is 2.36 bits per heavy atom. The molecule has 0 saturated carbocycles. The van der Waals surface area contributed by atoms with E-state index in [0.29, 0.717) is 8.04 Å². The van der Waals surface area contributed by atoms with Crippen LogP contribution in [0.5, 0.6) is 5.75 Å². The molecule has 0 saturated heterocycles. The first kappa shape index (κ1) is 12.4. The summed E-state index contributed by atoms with van der Waals surface area (Å²) in [7, 11) is 0. The highest BCUT2D eigenvalue weighted by Gasteiger charge is 2.31. The Morgan fingerprint density at radius 1 is 1.36 bits per heavy atom. The van der Waals surface area contributed by atoms with E-state index in [9.17, 15) is 13.2 Å². The molecule has 0 aliphatic heterocycles. The molecule has 1 aromatic rings. The van der Waals surface area contributed by atoms with Crippen molar-refractivity contribution in [1.29, 1.82) is 0 Å². The summed E-state index contributed by atoms with van der Waals surface area (Å²) in [6.07, 6.45) is -4.69. The number of alkyl halides is 3. The van der Waals surface area contributed by atoms with E-state index in [1.807, 2.05) is 22.6 Å². The lowest BCUT2D eigenvalue weighted by molar-refractivity contribution is -0.274. The highest BCUT2D eigenvalue weighted by molar-refractivity contribution is 14.1. The summed E-state index contributed by atoms with van der Waals surface area (Å²) >= 11 is 10.6. The summed E-state index contributed by atoms with van der Waals surface area (Å²) in [4.78, 5) is 0. The van der Waals surface area contributed by atoms with Gasteiger partial charge in [0.05, 0.1) is 5.02 Å². The fourth-order valence-electron chi connectivity index (χ4n) is 0.725.